The predicted molar refractivity (Wildman–Crippen MR) is 183 cm³/mol. The SMILES string of the molecule is CS(C)(C)CCOCn1c(C(=O)c2cnn(-c3ccc(Oc4ccccc4)cc3F)c2N)cc2cc(C(=O)N3CCOCC3)ccc21. The molecular formula is C35H38FN5O5S. The van der Waals surface area contributed by atoms with Crippen molar-refractivity contribution in [2.75, 3.05) is 63.2 Å². The number of morpholine rings is 1. The first-order valence-corrected chi connectivity index (χ1v) is 18.3. The number of aromatic nitrogens is 3. The number of benzene rings is 3. The van der Waals surface area contributed by atoms with Crippen LogP contribution in [-0.2, 0) is 16.2 Å². The molecule has 0 spiro atoms. The number of hydrogen-bond acceptors (Lipinski definition) is 7. The number of carbonyl (C=O) groups excluding carboxylic acids is 2. The first kappa shape index (κ1) is 32.3. The Labute approximate surface area is 274 Å². The van der Waals surface area contributed by atoms with Gasteiger partial charge in [-0.1, -0.05) is 18.2 Å². The lowest BCUT2D eigenvalue weighted by Crippen LogP contribution is -2.40. The minimum absolute atomic E-state index is 0.0112. The summed E-state index contributed by atoms with van der Waals surface area (Å²) in [5.74, 6) is 0.671. The summed E-state index contributed by atoms with van der Waals surface area (Å²) in [6, 6.07) is 20.5. The van der Waals surface area contributed by atoms with Crippen LogP contribution in [0.2, 0.25) is 0 Å². The van der Waals surface area contributed by atoms with Crippen molar-refractivity contribution in [2.45, 2.75) is 6.73 Å². The Balaban J connectivity index is 1.30. The minimum atomic E-state index is -0.773. The molecule has 1 saturated heterocycles. The molecule has 1 amide bonds. The van der Waals surface area contributed by atoms with E-state index in [1.165, 1.54) is 23.0 Å². The molecule has 3 heterocycles. The van der Waals surface area contributed by atoms with E-state index >= 15 is 4.39 Å². The maximum atomic E-state index is 15.3. The van der Waals surface area contributed by atoms with Crippen LogP contribution in [0.1, 0.15) is 26.4 Å². The van der Waals surface area contributed by atoms with Crippen LogP contribution in [-0.4, -0.2) is 88.4 Å². The summed E-state index contributed by atoms with van der Waals surface area (Å²) < 4.78 is 35.5. The van der Waals surface area contributed by atoms with E-state index in [1.54, 1.807) is 45.9 Å². The Morgan fingerprint density at radius 3 is 2.47 bits per heavy atom. The Morgan fingerprint density at radius 2 is 1.74 bits per heavy atom. The van der Waals surface area contributed by atoms with Gasteiger partial charge in [0.25, 0.3) is 5.91 Å². The van der Waals surface area contributed by atoms with Crippen LogP contribution in [0.5, 0.6) is 11.5 Å². The van der Waals surface area contributed by atoms with E-state index in [-0.39, 0.29) is 29.7 Å². The Bertz CT molecular complexity index is 1910. The normalized spacial score (nSPS) is 14.0. The van der Waals surface area contributed by atoms with Crippen molar-refractivity contribution in [3.8, 4) is 17.2 Å². The number of rotatable bonds is 11. The molecule has 10 nitrogen and oxygen atoms in total. The zero-order valence-electron chi connectivity index (χ0n) is 26.6. The molecule has 1 aliphatic rings. The lowest BCUT2D eigenvalue weighted by Gasteiger charge is -2.26. The number of hydrogen-bond donors (Lipinski definition) is 1. The van der Waals surface area contributed by atoms with Gasteiger partial charge in [0.15, 0.2) is 5.82 Å². The van der Waals surface area contributed by atoms with Crippen molar-refractivity contribution >= 4 is 38.4 Å². The molecule has 5 aromatic rings. The molecule has 47 heavy (non-hydrogen) atoms. The average Bonchev–Trinajstić information content (AvgIpc) is 3.62. The highest BCUT2D eigenvalue weighted by Crippen LogP contribution is 2.34. The molecule has 0 saturated carbocycles. The molecule has 1 aliphatic heterocycles. The van der Waals surface area contributed by atoms with E-state index in [4.69, 9.17) is 19.9 Å². The van der Waals surface area contributed by atoms with Gasteiger partial charge in [-0.15, -0.1) is 0 Å². The third-order valence-corrected chi connectivity index (χ3v) is 9.31. The number of nitrogens with zero attached hydrogens (tertiary/aromatic N) is 4. The molecule has 2 aromatic heterocycles. The fraction of sp³-hybridized carbons (Fsp3) is 0.286. The second-order valence-electron chi connectivity index (χ2n) is 12.2. The van der Waals surface area contributed by atoms with Crippen LogP contribution in [0, 0.1) is 5.82 Å². The van der Waals surface area contributed by atoms with Crippen LogP contribution in [0.25, 0.3) is 16.6 Å². The Kier molecular flexibility index (Phi) is 9.35. The van der Waals surface area contributed by atoms with Crippen LogP contribution < -0.4 is 10.5 Å². The highest BCUT2D eigenvalue weighted by Gasteiger charge is 2.25. The first-order valence-electron chi connectivity index (χ1n) is 15.2. The standard InChI is InChI=1S/C35H38FN5O5S/c1-47(2,3)18-17-45-23-40-30-11-9-24(35(43)39-13-15-44-16-14-39)19-25(30)20-32(40)33(42)28-22-38-41(34(28)37)31-12-10-27(21-29(31)36)46-26-7-5-4-6-8-26/h4-12,19-22H,13-18,23,37H2,1-3H3. The second-order valence-corrected chi connectivity index (χ2v) is 16.8. The zero-order chi connectivity index (χ0) is 33.1. The number of anilines is 1. The fourth-order valence-electron chi connectivity index (χ4n) is 5.36. The van der Waals surface area contributed by atoms with Crippen molar-refractivity contribution < 1.29 is 28.2 Å². The van der Waals surface area contributed by atoms with Crippen molar-refractivity contribution in [3.63, 3.8) is 0 Å². The van der Waals surface area contributed by atoms with Crippen molar-refractivity contribution in [3.05, 3.63) is 102 Å². The summed E-state index contributed by atoms with van der Waals surface area (Å²) >= 11 is 0. The number of ketones is 1. The van der Waals surface area contributed by atoms with Gasteiger partial charge in [-0.3, -0.25) is 9.59 Å². The number of fused-ring (bicyclic) bond motifs is 1. The van der Waals surface area contributed by atoms with E-state index in [0.29, 0.717) is 61.1 Å². The topological polar surface area (TPSA) is 114 Å². The van der Waals surface area contributed by atoms with Crippen molar-refractivity contribution in [1.82, 2.24) is 19.2 Å². The van der Waals surface area contributed by atoms with E-state index in [0.717, 1.165) is 11.3 Å². The van der Waals surface area contributed by atoms with Gasteiger partial charge in [-0.2, -0.15) is 5.10 Å². The maximum absolute atomic E-state index is 15.3. The maximum Gasteiger partial charge on any atom is 0.254 e. The van der Waals surface area contributed by atoms with Gasteiger partial charge < -0.3 is 29.4 Å². The largest absolute Gasteiger partial charge is 0.457 e. The van der Waals surface area contributed by atoms with Crippen molar-refractivity contribution in [2.24, 2.45) is 0 Å². The molecule has 1 fully saturated rings. The van der Waals surface area contributed by atoms with Gasteiger partial charge in [0, 0.05) is 35.9 Å². The molecular weight excluding hydrogens is 621 g/mol. The molecule has 0 bridgehead atoms. The van der Waals surface area contributed by atoms with E-state index in [1.807, 2.05) is 24.3 Å². The monoisotopic (exact) mass is 659 g/mol. The zero-order valence-corrected chi connectivity index (χ0v) is 27.5. The van der Waals surface area contributed by atoms with Crippen LogP contribution in [0.3, 0.4) is 0 Å². The van der Waals surface area contributed by atoms with E-state index in [2.05, 4.69) is 23.9 Å². The van der Waals surface area contributed by atoms with Gasteiger partial charge in [0.1, 0.15) is 29.7 Å². The Hall–Kier alpha value is -4.65. The van der Waals surface area contributed by atoms with Crippen LogP contribution >= 0.6 is 10.0 Å². The van der Waals surface area contributed by atoms with Gasteiger partial charge >= 0.3 is 0 Å². The molecule has 12 heteroatoms. The lowest BCUT2D eigenvalue weighted by molar-refractivity contribution is 0.0303. The number of amides is 1. The summed E-state index contributed by atoms with van der Waals surface area (Å²) in [6.45, 7) is 2.71. The van der Waals surface area contributed by atoms with Crippen LogP contribution in [0.15, 0.2) is 79.0 Å². The smallest absolute Gasteiger partial charge is 0.254 e. The highest BCUT2D eigenvalue weighted by atomic mass is 32.3. The predicted octanol–water partition coefficient (Wildman–Crippen LogP) is 5.71. The number of carbonyl (C=O) groups is 2. The summed E-state index contributed by atoms with van der Waals surface area (Å²) in [5, 5.41) is 4.99. The number of ether oxygens (including phenoxy) is 3. The number of halogens is 1. The third kappa shape index (κ3) is 7.19. The summed E-state index contributed by atoms with van der Waals surface area (Å²) in [5.41, 5.74) is 8.21. The lowest BCUT2D eigenvalue weighted by atomic mass is 10.1. The van der Waals surface area contributed by atoms with Gasteiger partial charge in [-0.05, 0) is 67.3 Å². The molecule has 3 aromatic carbocycles. The Morgan fingerprint density at radius 1 is 0.979 bits per heavy atom. The third-order valence-electron chi connectivity index (χ3n) is 7.92. The summed E-state index contributed by atoms with van der Waals surface area (Å²) in [4.78, 5) is 29.1. The number of para-hydroxylation sites is 1. The molecule has 0 unspecified atom stereocenters. The number of nitrogens with two attached hydrogens (primary N) is 1. The van der Waals surface area contributed by atoms with Crippen LogP contribution in [0.4, 0.5) is 10.2 Å². The van der Waals surface area contributed by atoms with Crippen molar-refractivity contribution in [1.29, 1.82) is 0 Å². The summed E-state index contributed by atoms with van der Waals surface area (Å²) in [7, 11) is -0.773. The van der Waals surface area contributed by atoms with Gasteiger partial charge in [0.05, 0.1) is 42.8 Å². The highest BCUT2D eigenvalue weighted by molar-refractivity contribution is 8.32. The van der Waals surface area contributed by atoms with E-state index in [9.17, 15) is 9.59 Å². The second kappa shape index (κ2) is 13.6. The fourth-order valence-corrected chi connectivity index (χ4v) is 5.97. The molecule has 246 valence electrons. The minimum Gasteiger partial charge on any atom is -0.457 e. The van der Waals surface area contributed by atoms with E-state index < -0.39 is 21.6 Å². The molecule has 0 radical (unpaired) electrons. The quantitative estimate of drug-likeness (QED) is 0.143. The van der Waals surface area contributed by atoms with Gasteiger partial charge in [0.2, 0.25) is 5.78 Å². The molecule has 0 atom stereocenters. The average molecular weight is 660 g/mol. The molecule has 2 N–H and O–H groups in total. The molecule has 6 rings (SSSR count). The number of nitrogen functional groups attached to an aromatic ring is 1. The van der Waals surface area contributed by atoms with Gasteiger partial charge in [-0.25, -0.2) is 19.1 Å². The molecule has 0 aliphatic carbocycles. The first-order chi connectivity index (χ1) is 22.6. The summed E-state index contributed by atoms with van der Waals surface area (Å²) in [6.07, 6.45) is 7.99.